The first-order chi connectivity index (χ1) is 14.5. The van der Waals surface area contributed by atoms with Crippen molar-refractivity contribution >= 4 is 11.7 Å². The quantitative estimate of drug-likeness (QED) is 0.686. The zero-order valence-electron chi connectivity index (χ0n) is 16.6. The van der Waals surface area contributed by atoms with Crippen molar-refractivity contribution in [2.24, 2.45) is 0 Å². The second-order valence-corrected chi connectivity index (χ2v) is 7.37. The number of carbonyl (C=O) groups excluding carboxylic acids is 2. The fourth-order valence-corrected chi connectivity index (χ4v) is 3.78. The van der Waals surface area contributed by atoms with E-state index in [4.69, 9.17) is 4.74 Å². The van der Waals surface area contributed by atoms with Crippen LogP contribution in [0.15, 0.2) is 65.5 Å². The second-order valence-electron chi connectivity index (χ2n) is 7.37. The summed E-state index contributed by atoms with van der Waals surface area (Å²) in [4.78, 5) is 40.6. The molecule has 0 fully saturated rings. The van der Waals surface area contributed by atoms with Crippen LogP contribution >= 0.6 is 0 Å². The molecule has 2 N–H and O–H groups in total. The van der Waals surface area contributed by atoms with Crippen LogP contribution in [-0.2, 0) is 13.0 Å². The van der Waals surface area contributed by atoms with E-state index in [2.05, 4.69) is 10.3 Å². The zero-order chi connectivity index (χ0) is 21.1. The third-order valence-electron chi connectivity index (χ3n) is 5.43. The summed E-state index contributed by atoms with van der Waals surface area (Å²) in [7, 11) is 1.60. The standard InChI is InChI=1S/C24H22N2O4/c1-30-18-9-7-16(8-10-18)17-11-21-19(22(27)12-17)13-20(24(29)26-21)23(28)25-14-15-5-3-2-4-6-15/h2-10,13,17H,11-12,14H2,1H3,(H,25,28)(H,26,29)/t17-/m1/s1. The summed E-state index contributed by atoms with van der Waals surface area (Å²) in [5.41, 5.74) is 2.42. The van der Waals surface area contributed by atoms with E-state index in [1.165, 1.54) is 6.07 Å². The highest BCUT2D eigenvalue weighted by molar-refractivity contribution is 6.02. The van der Waals surface area contributed by atoms with E-state index >= 15 is 0 Å². The average molecular weight is 402 g/mol. The molecule has 1 heterocycles. The van der Waals surface area contributed by atoms with E-state index in [9.17, 15) is 14.4 Å². The molecule has 6 heteroatoms. The number of aromatic amines is 1. The maximum Gasteiger partial charge on any atom is 0.261 e. The van der Waals surface area contributed by atoms with Gasteiger partial charge in [-0.05, 0) is 41.7 Å². The smallest absolute Gasteiger partial charge is 0.261 e. The Morgan fingerprint density at radius 1 is 1.07 bits per heavy atom. The first-order valence-electron chi connectivity index (χ1n) is 9.80. The van der Waals surface area contributed by atoms with Gasteiger partial charge in [0.2, 0.25) is 0 Å². The molecular weight excluding hydrogens is 380 g/mol. The highest BCUT2D eigenvalue weighted by atomic mass is 16.5. The summed E-state index contributed by atoms with van der Waals surface area (Å²) in [6, 6.07) is 18.5. The van der Waals surface area contributed by atoms with Crippen molar-refractivity contribution in [3.05, 3.63) is 99.0 Å². The van der Waals surface area contributed by atoms with Crippen molar-refractivity contribution in [2.75, 3.05) is 7.11 Å². The van der Waals surface area contributed by atoms with Crippen molar-refractivity contribution in [1.82, 2.24) is 10.3 Å². The number of hydrogen-bond acceptors (Lipinski definition) is 4. The maximum absolute atomic E-state index is 12.8. The van der Waals surface area contributed by atoms with Crippen molar-refractivity contribution < 1.29 is 14.3 Å². The summed E-state index contributed by atoms with van der Waals surface area (Å²) < 4.78 is 5.18. The van der Waals surface area contributed by atoms with Crippen molar-refractivity contribution in [3.63, 3.8) is 0 Å². The SMILES string of the molecule is COc1ccc([C@H]2CC(=O)c3cc(C(=O)NCc4ccccc4)c(=O)[nH]c3C2)cc1. The lowest BCUT2D eigenvalue weighted by Gasteiger charge is -2.24. The molecule has 2 aromatic carbocycles. The van der Waals surface area contributed by atoms with Crippen LogP contribution in [0.2, 0.25) is 0 Å². The van der Waals surface area contributed by atoms with E-state index in [0.29, 0.717) is 30.6 Å². The van der Waals surface area contributed by atoms with Gasteiger partial charge in [-0.2, -0.15) is 0 Å². The molecule has 1 atom stereocenters. The predicted octanol–water partition coefficient (Wildman–Crippen LogP) is 3.23. The average Bonchev–Trinajstić information content (AvgIpc) is 2.77. The molecule has 0 saturated carbocycles. The van der Waals surface area contributed by atoms with Gasteiger partial charge in [-0.3, -0.25) is 14.4 Å². The van der Waals surface area contributed by atoms with Gasteiger partial charge in [-0.1, -0.05) is 42.5 Å². The fraction of sp³-hybridized carbons (Fsp3) is 0.208. The molecule has 4 rings (SSSR count). The molecule has 1 amide bonds. The number of fused-ring (bicyclic) bond motifs is 1. The molecule has 3 aromatic rings. The lowest BCUT2D eigenvalue weighted by atomic mass is 9.81. The Hall–Kier alpha value is -3.67. The number of carbonyl (C=O) groups is 2. The Morgan fingerprint density at radius 3 is 2.50 bits per heavy atom. The van der Waals surface area contributed by atoms with Crippen molar-refractivity contribution in [1.29, 1.82) is 0 Å². The first kappa shape index (κ1) is 19.6. The molecule has 1 aromatic heterocycles. The van der Waals surface area contributed by atoms with Crippen molar-refractivity contribution in [3.8, 4) is 5.75 Å². The summed E-state index contributed by atoms with van der Waals surface area (Å²) >= 11 is 0. The van der Waals surface area contributed by atoms with Crippen LogP contribution < -0.4 is 15.6 Å². The van der Waals surface area contributed by atoms with Gasteiger partial charge in [0.15, 0.2) is 5.78 Å². The second kappa shape index (κ2) is 8.37. The highest BCUT2D eigenvalue weighted by Gasteiger charge is 2.28. The normalized spacial score (nSPS) is 15.4. The number of aromatic nitrogens is 1. The summed E-state index contributed by atoms with van der Waals surface area (Å²) in [6.45, 7) is 0.309. The van der Waals surface area contributed by atoms with E-state index in [1.807, 2.05) is 54.6 Å². The summed E-state index contributed by atoms with van der Waals surface area (Å²) in [6.07, 6.45) is 0.866. The molecule has 1 aliphatic carbocycles. The molecule has 0 bridgehead atoms. The van der Waals surface area contributed by atoms with Crippen LogP contribution in [0.1, 0.15) is 49.9 Å². The van der Waals surface area contributed by atoms with Gasteiger partial charge in [0, 0.05) is 24.2 Å². The van der Waals surface area contributed by atoms with Gasteiger partial charge < -0.3 is 15.0 Å². The van der Waals surface area contributed by atoms with Gasteiger partial charge in [0.1, 0.15) is 11.3 Å². The molecule has 1 aliphatic rings. The lowest BCUT2D eigenvalue weighted by Crippen LogP contribution is -2.32. The molecule has 0 aliphatic heterocycles. The summed E-state index contributed by atoms with van der Waals surface area (Å²) in [5.74, 6) is 0.156. The first-order valence-corrected chi connectivity index (χ1v) is 9.80. The third-order valence-corrected chi connectivity index (χ3v) is 5.43. The van der Waals surface area contributed by atoms with Crippen LogP contribution in [0.4, 0.5) is 0 Å². The Morgan fingerprint density at radius 2 is 1.80 bits per heavy atom. The third kappa shape index (κ3) is 4.03. The van der Waals surface area contributed by atoms with Gasteiger partial charge in [-0.25, -0.2) is 0 Å². The van der Waals surface area contributed by atoms with E-state index in [0.717, 1.165) is 16.9 Å². The number of amides is 1. The number of rotatable bonds is 5. The summed E-state index contributed by atoms with van der Waals surface area (Å²) in [5, 5.41) is 2.74. The fourth-order valence-electron chi connectivity index (χ4n) is 3.78. The van der Waals surface area contributed by atoms with Crippen LogP contribution in [0.3, 0.4) is 0 Å². The molecular formula is C24H22N2O4. The number of methoxy groups -OCH3 is 1. The predicted molar refractivity (Wildman–Crippen MR) is 113 cm³/mol. The largest absolute Gasteiger partial charge is 0.497 e. The molecule has 6 nitrogen and oxygen atoms in total. The van der Waals surface area contributed by atoms with E-state index in [1.54, 1.807) is 7.11 Å². The minimum atomic E-state index is -0.493. The highest BCUT2D eigenvalue weighted by Crippen LogP contribution is 2.32. The number of benzene rings is 2. The number of pyridine rings is 1. The minimum Gasteiger partial charge on any atom is -0.497 e. The molecule has 0 spiro atoms. The molecule has 0 saturated heterocycles. The molecule has 0 radical (unpaired) electrons. The van der Waals surface area contributed by atoms with Crippen molar-refractivity contribution in [2.45, 2.75) is 25.3 Å². The van der Waals surface area contributed by atoms with Gasteiger partial charge >= 0.3 is 0 Å². The number of Topliss-reactive ketones (excluding diaryl/α,β-unsaturated/α-hetero) is 1. The number of ketones is 1. The van der Waals surface area contributed by atoms with Crippen LogP contribution in [0.25, 0.3) is 0 Å². The maximum atomic E-state index is 12.8. The molecule has 152 valence electrons. The van der Waals surface area contributed by atoms with Crippen LogP contribution in [-0.4, -0.2) is 23.8 Å². The number of hydrogen-bond donors (Lipinski definition) is 2. The van der Waals surface area contributed by atoms with E-state index in [-0.39, 0.29) is 17.3 Å². The monoisotopic (exact) mass is 402 g/mol. The Kier molecular flexibility index (Phi) is 5.48. The number of nitrogens with one attached hydrogen (secondary N) is 2. The van der Waals surface area contributed by atoms with Crippen LogP contribution in [0, 0.1) is 0 Å². The Labute approximate surface area is 173 Å². The Balaban J connectivity index is 1.54. The topological polar surface area (TPSA) is 88.3 Å². The van der Waals surface area contributed by atoms with Gasteiger partial charge in [0.25, 0.3) is 11.5 Å². The molecule has 0 unspecified atom stereocenters. The van der Waals surface area contributed by atoms with Gasteiger partial charge in [0.05, 0.1) is 7.11 Å². The molecule has 30 heavy (non-hydrogen) atoms. The van der Waals surface area contributed by atoms with Gasteiger partial charge in [-0.15, -0.1) is 0 Å². The number of H-pyrrole nitrogens is 1. The van der Waals surface area contributed by atoms with Crippen LogP contribution in [0.5, 0.6) is 5.75 Å². The number of ether oxygens (including phenoxy) is 1. The lowest BCUT2D eigenvalue weighted by molar-refractivity contribution is 0.0949. The minimum absolute atomic E-state index is 0.0238. The van der Waals surface area contributed by atoms with E-state index < -0.39 is 11.5 Å². The Bertz CT molecular complexity index is 1130. The zero-order valence-corrected chi connectivity index (χ0v) is 16.6.